The molecule has 4 heteroatoms. The number of ether oxygens (including phenoxy) is 1. The van der Waals surface area contributed by atoms with E-state index in [9.17, 15) is 0 Å². The Morgan fingerprint density at radius 3 is 3.05 bits per heavy atom. The summed E-state index contributed by atoms with van der Waals surface area (Å²) in [4.78, 5) is 4.90. The summed E-state index contributed by atoms with van der Waals surface area (Å²) in [6, 6.07) is 0.329. The van der Waals surface area contributed by atoms with Crippen LogP contribution in [0.3, 0.4) is 0 Å². The first-order chi connectivity index (χ1) is 9.61. The molecule has 1 aliphatic carbocycles. The van der Waals surface area contributed by atoms with Gasteiger partial charge < -0.3 is 10.1 Å². The maximum atomic E-state index is 5.94. The van der Waals surface area contributed by atoms with Gasteiger partial charge in [-0.1, -0.05) is 20.3 Å². The lowest BCUT2D eigenvalue weighted by atomic mass is 9.79. The second-order valence-electron chi connectivity index (χ2n) is 6.15. The molecule has 3 atom stereocenters. The minimum atomic E-state index is -0.134. The van der Waals surface area contributed by atoms with E-state index in [-0.39, 0.29) is 5.60 Å². The Hall–Kier alpha value is -0.450. The van der Waals surface area contributed by atoms with Crippen LogP contribution in [0.1, 0.15) is 69.6 Å². The Morgan fingerprint density at radius 2 is 2.40 bits per heavy atom. The average Bonchev–Trinajstić information content (AvgIpc) is 2.95. The van der Waals surface area contributed by atoms with Gasteiger partial charge >= 0.3 is 0 Å². The lowest BCUT2D eigenvalue weighted by Crippen LogP contribution is -2.34. The number of hydrogen-bond acceptors (Lipinski definition) is 4. The summed E-state index contributed by atoms with van der Waals surface area (Å²) in [6.07, 6.45) is 5.93. The van der Waals surface area contributed by atoms with Crippen molar-refractivity contribution in [3.63, 3.8) is 0 Å². The molecule has 0 aliphatic heterocycles. The van der Waals surface area contributed by atoms with Gasteiger partial charge in [0, 0.05) is 18.5 Å². The van der Waals surface area contributed by atoms with E-state index in [1.54, 1.807) is 11.3 Å². The molecule has 1 aromatic heterocycles. The fourth-order valence-electron chi connectivity index (χ4n) is 3.13. The number of hydrogen-bond donors (Lipinski definition) is 1. The summed E-state index contributed by atoms with van der Waals surface area (Å²) in [6.45, 7) is 7.75. The van der Waals surface area contributed by atoms with E-state index in [0.29, 0.717) is 6.04 Å². The second kappa shape index (κ2) is 7.01. The van der Waals surface area contributed by atoms with E-state index >= 15 is 0 Å². The quantitative estimate of drug-likeness (QED) is 0.852. The lowest BCUT2D eigenvalue weighted by Gasteiger charge is -2.37. The second-order valence-corrected chi connectivity index (χ2v) is 7.01. The van der Waals surface area contributed by atoms with Crippen molar-refractivity contribution < 1.29 is 4.74 Å². The van der Waals surface area contributed by atoms with E-state index in [1.807, 2.05) is 7.11 Å². The zero-order valence-corrected chi connectivity index (χ0v) is 14.1. The molecule has 1 fully saturated rings. The van der Waals surface area contributed by atoms with Crippen molar-refractivity contribution in [2.45, 2.75) is 64.5 Å². The molecule has 1 heterocycles. The average molecular weight is 296 g/mol. The highest BCUT2D eigenvalue weighted by molar-refractivity contribution is 7.09. The van der Waals surface area contributed by atoms with Crippen molar-refractivity contribution in [1.29, 1.82) is 0 Å². The van der Waals surface area contributed by atoms with Crippen molar-refractivity contribution in [1.82, 2.24) is 10.3 Å². The van der Waals surface area contributed by atoms with E-state index in [0.717, 1.165) is 37.4 Å². The molecule has 2 rings (SSSR count). The molecule has 0 radical (unpaired) electrons. The fourth-order valence-corrected chi connectivity index (χ4v) is 4.26. The van der Waals surface area contributed by atoms with Gasteiger partial charge in [-0.25, -0.2) is 4.98 Å². The van der Waals surface area contributed by atoms with E-state index in [1.165, 1.54) is 17.8 Å². The van der Waals surface area contributed by atoms with Gasteiger partial charge in [-0.05, 0) is 45.1 Å². The fraction of sp³-hybridized carbons (Fsp3) is 0.812. The zero-order chi connectivity index (χ0) is 14.6. The number of nitrogens with one attached hydrogen (secondary N) is 1. The molecule has 1 N–H and O–H groups in total. The Labute approximate surface area is 127 Å². The van der Waals surface area contributed by atoms with E-state index < -0.39 is 0 Å². The molecular formula is C16H28N2OS. The smallest absolute Gasteiger partial charge is 0.125 e. The molecule has 3 unspecified atom stereocenters. The van der Waals surface area contributed by atoms with Crippen LogP contribution >= 0.6 is 11.3 Å². The molecule has 0 bridgehead atoms. The summed E-state index contributed by atoms with van der Waals surface area (Å²) >= 11 is 1.77. The minimum absolute atomic E-state index is 0.134. The van der Waals surface area contributed by atoms with Crippen LogP contribution in [0.4, 0.5) is 0 Å². The van der Waals surface area contributed by atoms with Crippen LogP contribution in [0, 0.1) is 5.92 Å². The predicted molar refractivity (Wildman–Crippen MR) is 85.1 cm³/mol. The standard InChI is InChI=1S/C16H28N2OS/c1-5-9-17-13(3)14-11-20-15(18-14)16(19-4)8-6-7-12(2)10-16/h11-13,17H,5-10H2,1-4H3. The summed E-state index contributed by atoms with van der Waals surface area (Å²) in [5.74, 6) is 0.728. The van der Waals surface area contributed by atoms with Gasteiger partial charge in [0.25, 0.3) is 0 Å². The summed E-state index contributed by atoms with van der Waals surface area (Å²) in [5.41, 5.74) is 1.03. The van der Waals surface area contributed by atoms with Gasteiger partial charge in [0.05, 0.1) is 5.69 Å². The van der Waals surface area contributed by atoms with Gasteiger partial charge in [0.1, 0.15) is 10.6 Å². The minimum Gasteiger partial charge on any atom is -0.371 e. The molecule has 1 aliphatic rings. The SMILES string of the molecule is CCCNC(C)c1csc(C2(OC)CCCC(C)C2)n1. The van der Waals surface area contributed by atoms with Gasteiger partial charge in [0.2, 0.25) is 0 Å². The molecule has 1 aromatic rings. The Bertz CT molecular complexity index is 420. The third-order valence-corrected chi connectivity index (χ3v) is 5.45. The van der Waals surface area contributed by atoms with Crippen LogP contribution in [-0.4, -0.2) is 18.6 Å². The number of thiazole rings is 1. The maximum absolute atomic E-state index is 5.94. The summed E-state index contributed by atoms with van der Waals surface area (Å²) in [7, 11) is 1.85. The van der Waals surface area contributed by atoms with Crippen molar-refractivity contribution in [2.75, 3.05) is 13.7 Å². The van der Waals surface area contributed by atoms with Crippen molar-refractivity contribution >= 4 is 11.3 Å². The number of methoxy groups -OCH3 is 1. The molecule has 3 nitrogen and oxygen atoms in total. The van der Waals surface area contributed by atoms with Crippen molar-refractivity contribution in [2.24, 2.45) is 5.92 Å². The van der Waals surface area contributed by atoms with Crippen LogP contribution in [0.5, 0.6) is 0 Å². The van der Waals surface area contributed by atoms with Crippen LogP contribution in [-0.2, 0) is 10.3 Å². The monoisotopic (exact) mass is 296 g/mol. The number of aromatic nitrogens is 1. The van der Waals surface area contributed by atoms with E-state index in [4.69, 9.17) is 9.72 Å². The van der Waals surface area contributed by atoms with Crippen molar-refractivity contribution in [3.05, 3.63) is 16.1 Å². The highest BCUT2D eigenvalue weighted by Crippen LogP contribution is 2.43. The Morgan fingerprint density at radius 1 is 1.60 bits per heavy atom. The van der Waals surface area contributed by atoms with Gasteiger partial charge in [-0.3, -0.25) is 0 Å². The molecular weight excluding hydrogens is 268 g/mol. The molecule has 20 heavy (non-hydrogen) atoms. The Kier molecular flexibility index (Phi) is 5.58. The number of rotatable bonds is 6. The predicted octanol–water partition coefficient (Wildman–Crippen LogP) is 4.26. The highest BCUT2D eigenvalue weighted by atomic mass is 32.1. The van der Waals surface area contributed by atoms with Crippen LogP contribution in [0.2, 0.25) is 0 Å². The van der Waals surface area contributed by atoms with Gasteiger partial charge in [0.15, 0.2) is 0 Å². The first-order valence-corrected chi connectivity index (χ1v) is 8.73. The normalized spacial score (nSPS) is 28.5. The van der Waals surface area contributed by atoms with Crippen LogP contribution in [0.15, 0.2) is 5.38 Å². The zero-order valence-electron chi connectivity index (χ0n) is 13.2. The highest BCUT2D eigenvalue weighted by Gasteiger charge is 2.39. The maximum Gasteiger partial charge on any atom is 0.125 e. The topological polar surface area (TPSA) is 34.1 Å². The van der Waals surface area contributed by atoms with E-state index in [2.05, 4.69) is 31.5 Å². The first-order valence-electron chi connectivity index (χ1n) is 7.85. The summed E-state index contributed by atoms with van der Waals surface area (Å²) < 4.78 is 5.94. The Balaban J connectivity index is 2.13. The van der Waals surface area contributed by atoms with Gasteiger partial charge in [-0.2, -0.15) is 0 Å². The third-order valence-electron chi connectivity index (χ3n) is 4.40. The van der Waals surface area contributed by atoms with Crippen molar-refractivity contribution in [3.8, 4) is 0 Å². The largest absolute Gasteiger partial charge is 0.371 e. The van der Waals surface area contributed by atoms with Gasteiger partial charge in [-0.15, -0.1) is 11.3 Å². The molecule has 0 amide bonds. The first kappa shape index (κ1) is 15.9. The molecule has 114 valence electrons. The summed E-state index contributed by atoms with van der Waals surface area (Å²) in [5, 5.41) is 6.88. The van der Waals surface area contributed by atoms with Crippen LogP contribution < -0.4 is 5.32 Å². The molecule has 1 saturated carbocycles. The lowest BCUT2D eigenvalue weighted by molar-refractivity contribution is -0.0581. The third kappa shape index (κ3) is 3.41. The molecule has 0 aromatic carbocycles. The van der Waals surface area contributed by atoms with Crippen LogP contribution in [0.25, 0.3) is 0 Å². The molecule has 0 saturated heterocycles. The molecule has 0 spiro atoms. The number of nitrogens with zero attached hydrogens (tertiary/aromatic N) is 1.